The molecule has 0 aromatic heterocycles. The van der Waals surface area contributed by atoms with Crippen molar-refractivity contribution in [3.05, 3.63) is 90.0 Å². The Morgan fingerprint density at radius 2 is 1.50 bits per heavy atom. The molecule has 132 valence electrons. The molecule has 0 saturated heterocycles. The van der Waals surface area contributed by atoms with E-state index in [0.29, 0.717) is 0 Å². The van der Waals surface area contributed by atoms with Gasteiger partial charge in [-0.3, -0.25) is 10.0 Å². The van der Waals surface area contributed by atoms with Gasteiger partial charge in [-0.1, -0.05) is 66.7 Å². The van der Waals surface area contributed by atoms with E-state index in [-0.39, 0.29) is 0 Å². The predicted molar refractivity (Wildman–Crippen MR) is 104 cm³/mol. The van der Waals surface area contributed by atoms with Crippen molar-refractivity contribution in [2.24, 2.45) is 0 Å². The monoisotopic (exact) mass is 346 g/mol. The van der Waals surface area contributed by atoms with Crippen molar-refractivity contribution >= 4 is 11.6 Å². The summed E-state index contributed by atoms with van der Waals surface area (Å²) in [7, 11) is 4.02. The predicted octanol–water partition coefficient (Wildman–Crippen LogP) is 4.06. The van der Waals surface area contributed by atoms with Crippen LogP contribution in [0.5, 0.6) is 0 Å². The molecule has 26 heavy (non-hydrogen) atoms. The van der Waals surface area contributed by atoms with Crippen molar-refractivity contribution in [1.29, 1.82) is 0 Å². The maximum Gasteiger partial charge on any atom is 0.255 e. The molecule has 0 aliphatic carbocycles. The number of hydroxylamine groups is 1. The van der Waals surface area contributed by atoms with Crippen LogP contribution in [0.2, 0.25) is 0 Å². The molecule has 0 aliphatic heterocycles. The van der Waals surface area contributed by atoms with Gasteiger partial charge < -0.3 is 4.90 Å². The summed E-state index contributed by atoms with van der Waals surface area (Å²) in [4.78, 5) is 14.4. The normalized spacial score (nSPS) is 11.7. The minimum absolute atomic E-state index is 0.448. The minimum atomic E-state index is -0.567. The summed E-state index contributed by atoms with van der Waals surface area (Å²) in [5.74, 6) is -1.02. The smallest absolute Gasteiger partial charge is 0.255 e. The van der Waals surface area contributed by atoms with E-state index >= 15 is 0 Å². The number of nitrogens with zero attached hydrogens (tertiary/aromatic N) is 1. The number of nitrogens with one attached hydrogen (secondary N) is 1. The summed E-state index contributed by atoms with van der Waals surface area (Å²) < 4.78 is 0. The average Bonchev–Trinajstić information content (AvgIpc) is 2.69. The molecule has 0 heterocycles. The molecule has 1 atom stereocenters. The van der Waals surface area contributed by atoms with Gasteiger partial charge in [0.05, 0.1) is 5.92 Å². The van der Waals surface area contributed by atoms with Gasteiger partial charge in [0.15, 0.2) is 0 Å². The number of rotatable bonds is 5. The van der Waals surface area contributed by atoms with E-state index < -0.39 is 11.8 Å². The Morgan fingerprint density at radius 3 is 2.12 bits per heavy atom. The van der Waals surface area contributed by atoms with Crippen molar-refractivity contribution in [2.75, 3.05) is 19.0 Å². The molecule has 0 fully saturated rings. The van der Waals surface area contributed by atoms with Gasteiger partial charge in [-0.15, -0.1) is 0 Å². The summed E-state index contributed by atoms with van der Waals surface area (Å²) in [6.45, 7) is 0. The fraction of sp³-hybridized carbons (Fsp3) is 0.136. The van der Waals surface area contributed by atoms with Crippen LogP contribution in [0.4, 0.5) is 5.69 Å². The molecule has 1 unspecified atom stereocenters. The van der Waals surface area contributed by atoms with Crippen molar-refractivity contribution in [3.8, 4) is 11.1 Å². The highest BCUT2D eigenvalue weighted by atomic mass is 16.5. The molecule has 3 aromatic rings. The summed E-state index contributed by atoms with van der Waals surface area (Å²) in [5, 5.41) is 9.19. The Balaban J connectivity index is 2.00. The lowest BCUT2D eigenvalue weighted by Gasteiger charge is -2.17. The topological polar surface area (TPSA) is 52.6 Å². The first kappa shape index (κ1) is 17.7. The van der Waals surface area contributed by atoms with Gasteiger partial charge in [0.2, 0.25) is 0 Å². The first-order chi connectivity index (χ1) is 12.6. The molecule has 0 aliphatic rings. The van der Waals surface area contributed by atoms with Crippen LogP contribution in [0.3, 0.4) is 0 Å². The van der Waals surface area contributed by atoms with Crippen LogP contribution in [-0.4, -0.2) is 25.2 Å². The molecule has 4 nitrogen and oxygen atoms in total. The molecule has 3 aromatic carbocycles. The molecule has 4 heteroatoms. The number of carbonyl (C=O) groups excluding carboxylic acids is 1. The largest absolute Gasteiger partial charge is 0.378 e. The number of hydrogen-bond donors (Lipinski definition) is 2. The zero-order chi connectivity index (χ0) is 18.5. The van der Waals surface area contributed by atoms with Crippen LogP contribution in [0.15, 0.2) is 78.9 Å². The third-order valence-electron chi connectivity index (χ3n) is 4.44. The first-order valence-electron chi connectivity index (χ1n) is 8.47. The molecule has 2 N–H and O–H groups in total. The van der Waals surface area contributed by atoms with Gasteiger partial charge in [-0.05, 0) is 34.4 Å². The number of benzene rings is 3. The minimum Gasteiger partial charge on any atom is -0.378 e. The van der Waals surface area contributed by atoms with Gasteiger partial charge in [0, 0.05) is 19.8 Å². The van der Waals surface area contributed by atoms with Crippen LogP contribution in [0.25, 0.3) is 11.1 Å². The van der Waals surface area contributed by atoms with Crippen LogP contribution in [-0.2, 0) is 4.79 Å². The molecule has 1 amide bonds. The lowest BCUT2D eigenvalue weighted by molar-refractivity contribution is -0.129. The van der Waals surface area contributed by atoms with Crippen LogP contribution in [0.1, 0.15) is 17.0 Å². The van der Waals surface area contributed by atoms with E-state index in [2.05, 4.69) is 29.2 Å². The molecular formula is C22H22N2O2. The van der Waals surface area contributed by atoms with Crippen LogP contribution < -0.4 is 10.4 Å². The lowest BCUT2D eigenvalue weighted by atomic mass is 9.89. The second kappa shape index (κ2) is 7.85. The summed E-state index contributed by atoms with van der Waals surface area (Å²) in [5.41, 5.74) is 6.70. The molecule has 3 rings (SSSR count). The Hall–Kier alpha value is -3.11. The zero-order valence-electron chi connectivity index (χ0n) is 14.9. The van der Waals surface area contributed by atoms with Gasteiger partial charge in [-0.25, -0.2) is 5.48 Å². The van der Waals surface area contributed by atoms with E-state index in [1.165, 1.54) is 0 Å². The van der Waals surface area contributed by atoms with E-state index in [4.69, 9.17) is 0 Å². The summed E-state index contributed by atoms with van der Waals surface area (Å²) >= 11 is 0. The van der Waals surface area contributed by atoms with E-state index in [0.717, 1.165) is 27.9 Å². The van der Waals surface area contributed by atoms with Crippen molar-refractivity contribution in [3.63, 3.8) is 0 Å². The third-order valence-corrected chi connectivity index (χ3v) is 4.44. The second-order valence-corrected chi connectivity index (χ2v) is 6.39. The van der Waals surface area contributed by atoms with Crippen molar-refractivity contribution in [2.45, 2.75) is 5.92 Å². The maximum atomic E-state index is 12.3. The van der Waals surface area contributed by atoms with Gasteiger partial charge in [0.1, 0.15) is 0 Å². The Kier molecular flexibility index (Phi) is 5.34. The van der Waals surface area contributed by atoms with Crippen molar-refractivity contribution in [1.82, 2.24) is 5.48 Å². The van der Waals surface area contributed by atoms with E-state index in [9.17, 15) is 10.0 Å². The maximum absolute atomic E-state index is 12.3. The SMILES string of the molecule is CN(C)c1ccc(-c2cccc(C(C(=O)NO)c3ccccc3)c2)cc1. The molecular weight excluding hydrogens is 324 g/mol. The number of carbonyl (C=O) groups is 1. The first-order valence-corrected chi connectivity index (χ1v) is 8.47. The van der Waals surface area contributed by atoms with Gasteiger partial charge in [0.25, 0.3) is 5.91 Å². The molecule has 0 bridgehead atoms. The molecule has 0 spiro atoms. The van der Waals surface area contributed by atoms with Gasteiger partial charge in [-0.2, -0.15) is 0 Å². The third kappa shape index (κ3) is 3.76. The Bertz CT molecular complexity index is 874. The second-order valence-electron chi connectivity index (χ2n) is 6.39. The fourth-order valence-corrected chi connectivity index (χ4v) is 3.06. The lowest BCUT2D eigenvalue weighted by Crippen LogP contribution is -2.27. The summed E-state index contributed by atoms with van der Waals surface area (Å²) in [6, 6.07) is 25.6. The van der Waals surface area contributed by atoms with Gasteiger partial charge >= 0.3 is 0 Å². The zero-order valence-corrected chi connectivity index (χ0v) is 14.9. The van der Waals surface area contributed by atoms with E-state index in [1.54, 1.807) is 5.48 Å². The number of hydrogen-bond acceptors (Lipinski definition) is 3. The Labute approximate surface area is 153 Å². The Morgan fingerprint density at radius 1 is 0.846 bits per heavy atom. The molecule has 0 saturated carbocycles. The quantitative estimate of drug-likeness (QED) is 0.541. The number of anilines is 1. The van der Waals surface area contributed by atoms with Crippen LogP contribution >= 0.6 is 0 Å². The van der Waals surface area contributed by atoms with Crippen LogP contribution in [0, 0.1) is 0 Å². The highest BCUT2D eigenvalue weighted by Crippen LogP contribution is 2.29. The summed E-state index contributed by atoms with van der Waals surface area (Å²) in [6.07, 6.45) is 0. The fourth-order valence-electron chi connectivity index (χ4n) is 3.06. The highest BCUT2D eigenvalue weighted by molar-refractivity contribution is 5.86. The standard InChI is InChI=1S/C22H22N2O2/c1-24(2)20-13-11-16(12-14-20)18-9-6-10-19(15-18)21(22(25)23-26)17-7-4-3-5-8-17/h3-15,21,26H,1-2H3,(H,23,25). The number of amides is 1. The van der Waals surface area contributed by atoms with E-state index in [1.807, 2.05) is 68.7 Å². The highest BCUT2D eigenvalue weighted by Gasteiger charge is 2.22. The average molecular weight is 346 g/mol. The van der Waals surface area contributed by atoms with Crippen molar-refractivity contribution < 1.29 is 10.0 Å². The molecule has 0 radical (unpaired) electrons.